The maximum Gasteiger partial charge on any atom is 0.372 e. The lowest BCUT2D eigenvalue weighted by Crippen LogP contribution is -2.40. The summed E-state index contributed by atoms with van der Waals surface area (Å²) in [7, 11) is -4.08. The van der Waals surface area contributed by atoms with E-state index in [1.807, 2.05) is 0 Å². The lowest BCUT2D eigenvalue weighted by molar-refractivity contribution is -0.143. The van der Waals surface area contributed by atoms with Crippen molar-refractivity contribution in [1.29, 1.82) is 0 Å². The Morgan fingerprint density at radius 1 is 1.04 bits per heavy atom. The molecule has 2 fully saturated rings. The number of carbonyl (C=O) groups is 3. The zero-order valence-electron chi connectivity index (χ0n) is 15.0. The molecule has 2 unspecified atom stereocenters. The number of carbonyl (C=O) groups excluding carboxylic acids is 3. The summed E-state index contributed by atoms with van der Waals surface area (Å²) in [6.07, 6.45) is 2.68. The Balaban J connectivity index is 1.95. The van der Waals surface area contributed by atoms with Gasteiger partial charge in [-0.25, -0.2) is 13.2 Å². The zero-order chi connectivity index (χ0) is 19.3. The topological polar surface area (TPSA) is 119 Å². The van der Waals surface area contributed by atoms with Gasteiger partial charge in [-0.1, -0.05) is 20.3 Å². The van der Waals surface area contributed by atoms with Gasteiger partial charge in [0.15, 0.2) is 11.6 Å². The number of nitrogens with one attached hydrogen (secondary N) is 1. The largest absolute Gasteiger partial charge is 0.437 e. The van der Waals surface area contributed by atoms with Crippen molar-refractivity contribution < 1.29 is 27.5 Å². The second-order valence-electron chi connectivity index (χ2n) is 7.20. The van der Waals surface area contributed by atoms with Crippen LogP contribution in [0.4, 0.5) is 0 Å². The second kappa shape index (κ2) is 6.29. The predicted octanol–water partition coefficient (Wildman–Crippen LogP) is 1.22. The van der Waals surface area contributed by atoms with Crippen LogP contribution < -0.4 is 5.43 Å². The van der Waals surface area contributed by atoms with E-state index in [0.29, 0.717) is 12.8 Å². The van der Waals surface area contributed by atoms with Gasteiger partial charge in [0.25, 0.3) is 5.04 Å². The van der Waals surface area contributed by atoms with Gasteiger partial charge in [0.1, 0.15) is 5.70 Å². The maximum atomic E-state index is 12.8. The van der Waals surface area contributed by atoms with E-state index < -0.39 is 37.6 Å². The van der Waals surface area contributed by atoms with Gasteiger partial charge in [0, 0.05) is 30.3 Å². The summed E-state index contributed by atoms with van der Waals surface area (Å²) in [6, 6.07) is 0. The highest BCUT2D eigenvalue weighted by molar-refractivity contribution is 8.09. The molecule has 1 saturated carbocycles. The number of Topliss-reactive ketones (excluding diaryl/α,β-unsaturated/α-hetero) is 2. The van der Waals surface area contributed by atoms with Gasteiger partial charge < -0.3 is 4.74 Å². The number of esters is 1. The lowest BCUT2D eigenvalue weighted by Gasteiger charge is -2.29. The number of sulfone groups is 1. The van der Waals surface area contributed by atoms with Crippen LogP contribution in [0.5, 0.6) is 0 Å². The molecule has 2 aliphatic carbocycles. The molecule has 0 aromatic heterocycles. The smallest absolute Gasteiger partial charge is 0.372 e. The summed E-state index contributed by atoms with van der Waals surface area (Å²) >= 11 is 0. The first-order valence-electron chi connectivity index (χ1n) is 8.73. The first kappa shape index (κ1) is 18.8. The Hall–Kier alpha value is -2.03. The highest BCUT2D eigenvalue weighted by atomic mass is 32.2. The van der Waals surface area contributed by atoms with E-state index >= 15 is 0 Å². The quantitative estimate of drug-likeness (QED) is 0.563. The number of nitrogens with zero attached hydrogens (tertiary/aromatic N) is 1. The minimum absolute atomic E-state index is 0.0688. The summed E-state index contributed by atoms with van der Waals surface area (Å²) in [5, 5.41) is 2.97. The molecule has 9 heteroatoms. The fraction of sp³-hybridized carbons (Fsp3) is 0.647. The van der Waals surface area contributed by atoms with Crippen LogP contribution >= 0.6 is 0 Å². The molecule has 0 aromatic rings. The van der Waals surface area contributed by atoms with Crippen molar-refractivity contribution >= 4 is 32.4 Å². The van der Waals surface area contributed by atoms with Gasteiger partial charge >= 0.3 is 5.97 Å². The van der Waals surface area contributed by atoms with E-state index in [-0.39, 0.29) is 35.7 Å². The van der Waals surface area contributed by atoms with Crippen molar-refractivity contribution in [2.24, 2.45) is 16.9 Å². The molecule has 8 nitrogen and oxygen atoms in total. The van der Waals surface area contributed by atoms with E-state index in [4.69, 9.17) is 4.74 Å². The molecule has 1 spiro atoms. The number of hydrazone groups is 1. The molecule has 2 atom stereocenters. The molecule has 0 aromatic carbocycles. The molecule has 1 heterocycles. The number of ketones is 2. The number of ether oxygens (including phenoxy) is 1. The Kier molecular flexibility index (Phi) is 4.54. The zero-order valence-corrected chi connectivity index (χ0v) is 15.8. The first-order chi connectivity index (χ1) is 12.1. The second-order valence-corrected chi connectivity index (χ2v) is 9.34. The van der Waals surface area contributed by atoms with Crippen LogP contribution in [-0.2, 0) is 29.0 Å². The van der Waals surface area contributed by atoms with E-state index in [0.717, 1.165) is 6.42 Å². The molecular formula is C17H22N2O6S. The first-order valence-corrected chi connectivity index (χ1v) is 10.2. The molecule has 0 amide bonds. The van der Waals surface area contributed by atoms with Crippen LogP contribution in [0.15, 0.2) is 16.4 Å². The van der Waals surface area contributed by atoms with Crippen LogP contribution in [-0.4, -0.2) is 35.9 Å². The van der Waals surface area contributed by atoms with Gasteiger partial charge in [-0.05, 0) is 19.8 Å². The highest BCUT2D eigenvalue weighted by Crippen LogP contribution is 2.41. The molecule has 0 radical (unpaired) electrons. The number of hydrogen-bond acceptors (Lipinski definition) is 8. The molecule has 3 aliphatic rings. The van der Waals surface area contributed by atoms with Crippen molar-refractivity contribution in [3.05, 3.63) is 11.3 Å². The molecular weight excluding hydrogens is 360 g/mol. The van der Waals surface area contributed by atoms with Crippen molar-refractivity contribution in [2.45, 2.75) is 57.8 Å². The highest BCUT2D eigenvalue weighted by Gasteiger charge is 2.59. The minimum Gasteiger partial charge on any atom is -0.437 e. The van der Waals surface area contributed by atoms with Gasteiger partial charge in [-0.2, -0.15) is 5.10 Å². The third-order valence-electron chi connectivity index (χ3n) is 5.65. The van der Waals surface area contributed by atoms with Crippen LogP contribution in [0.25, 0.3) is 0 Å². The average Bonchev–Trinajstić information content (AvgIpc) is 2.78. The van der Waals surface area contributed by atoms with Gasteiger partial charge in [0.05, 0.1) is 0 Å². The monoisotopic (exact) mass is 382 g/mol. The Morgan fingerprint density at radius 2 is 1.62 bits per heavy atom. The summed E-state index contributed by atoms with van der Waals surface area (Å²) in [5.74, 6) is -2.57. The summed E-state index contributed by atoms with van der Waals surface area (Å²) in [5.41, 5.74) is 2.48. The maximum absolute atomic E-state index is 12.8. The van der Waals surface area contributed by atoms with E-state index in [9.17, 15) is 22.8 Å². The molecule has 3 rings (SSSR count). The van der Waals surface area contributed by atoms with E-state index in [1.165, 1.54) is 6.92 Å². The summed E-state index contributed by atoms with van der Waals surface area (Å²) < 4.78 is 30.8. The molecule has 142 valence electrons. The summed E-state index contributed by atoms with van der Waals surface area (Å²) in [4.78, 5) is 35.2. The van der Waals surface area contributed by atoms with Crippen molar-refractivity contribution in [2.75, 3.05) is 0 Å². The Morgan fingerprint density at radius 3 is 2.23 bits per heavy atom. The van der Waals surface area contributed by atoms with Crippen LogP contribution in [0.2, 0.25) is 0 Å². The molecule has 1 aliphatic heterocycles. The van der Waals surface area contributed by atoms with Gasteiger partial charge in [-0.3, -0.25) is 15.0 Å². The third kappa shape index (κ3) is 2.60. The van der Waals surface area contributed by atoms with Crippen LogP contribution in [0.3, 0.4) is 0 Å². The Labute approximate surface area is 152 Å². The van der Waals surface area contributed by atoms with E-state index in [1.54, 1.807) is 13.8 Å². The van der Waals surface area contributed by atoms with Crippen molar-refractivity contribution in [3.63, 3.8) is 0 Å². The summed E-state index contributed by atoms with van der Waals surface area (Å²) in [6.45, 7) is 4.78. The van der Waals surface area contributed by atoms with Crippen LogP contribution in [0, 0.1) is 11.8 Å². The number of rotatable bonds is 2. The standard InChI is InChI=1S/C17H22N2O6S/c1-9-10(2)14(21)12(11(3)13(9)20)18-19-15-16(22)25-17(26(15,23)24)7-5-4-6-8-17/h9-10,18H,4-8H2,1-3H3. The van der Waals surface area contributed by atoms with Crippen molar-refractivity contribution in [3.8, 4) is 0 Å². The minimum atomic E-state index is -4.08. The molecule has 1 saturated heterocycles. The van der Waals surface area contributed by atoms with Gasteiger partial charge in [0.2, 0.25) is 14.8 Å². The SMILES string of the molecule is CC1=C(NN=C2C(=O)OC3(CCCCC3)S2(=O)=O)C(=O)C(C)C(C)C1=O. The van der Waals surface area contributed by atoms with Crippen molar-refractivity contribution in [1.82, 2.24) is 5.43 Å². The number of hydrogen-bond donors (Lipinski definition) is 1. The average molecular weight is 382 g/mol. The fourth-order valence-corrected chi connectivity index (χ4v) is 5.49. The normalized spacial score (nSPS) is 32.3. The number of allylic oxidation sites excluding steroid dienone is 2. The molecule has 0 bridgehead atoms. The Bertz CT molecular complexity index is 848. The third-order valence-corrected chi connectivity index (χ3v) is 7.89. The lowest BCUT2D eigenvalue weighted by atomic mass is 9.79. The van der Waals surface area contributed by atoms with Gasteiger partial charge in [-0.15, -0.1) is 0 Å². The molecule has 1 N–H and O–H groups in total. The molecule has 26 heavy (non-hydrogen) atoms. The fourth-order valence-electron chi connectivity index (χ4n) is 3.70. The van der Waals surface area contributed by atoms with Crippen LogP contribution in [0.1, 0.15) is 52.9 Å². The predicted molar refractivity (Wildman–Crippen MR) is 92.4 cm³/mol. The van der Waals surface area contributed by atoms with E-state index in [2.05, 4.69) is 10.5 Å².